The normalized spacial score (nSPS) is 9.29. The second-order valence-corrected chi connectivity index (χ2v) is 4.15. The van der Waals surface area contributed by atoms with Gasteiger partial charge in [-0.1, -0.05) is 24.3 Å². The van der Waals surface area contributed by atoms with Gasteiger partial charge < -0.3 is 11.5 Å². The molecule has 0 heterocycles. The van der Waals surface area contributed by atoms with Gasteiger partial charge in [0.05, 0.1) is 5.34 Å². The summed E-state index contributed by atoms with van der Waals surface area (Å²) in [5, 5.41) is 0.194. The third kappa shape index (κ3) is 4.55. The number of nitrogen functional groups attached to an aromatic ring is 2. The van der Waals surface area contributed by atoms with E-state index in [0.29, 0.717) is 0 Å². The molecule has 2 nitrogen and oxygen atoms in total. The SMILES string of the molecule is ClCCl.Nc1ccc(-c2ccc(N)cc2)cc1. The minimum Gasteiger partial charge on any atom is -0.399 e. The highest BCUT2D eigenvalue weighted by Gasteiger charge is 1.95. The molecule has 0 saturated carbocycles. The number of alkyl halides is 2. The zero-order valence-corrected chi connectivity index (χ0v) is 10.7. The molecule has 17 heavy (non-hydrogen) atoms. The van der Waals surface area contributed by atoms with Gasteiger partial charge in [0.1, 0.15) is 0 Å². The number of rotatable bonds is 1. The Bertz CT molecular complexity index is 394. The van der Waals surface area contributed by atoms with E-state index in [4.69, 9.17) is 34.7 Å². The second-order valence-electron chi connectivity index (χ2n) is 3.35. The maximum Gasteiger partial charge on any atom is 0.0967 e. The van der Waals surface area contributed by atoms with E-state index in [0.717, 1.165) is 22.5 Å². The average Bonchev–Trinajstić information content (AvgIpc) is 2.32. The lowest BCUT2D eigenvalue weighted by molar-refractivity contribution is 1.61. The van der Waals surface area contributed by atoms with Gasteiger partial charge in [0.2, 0.25) is 0 Å². The molecule has 0 bridgehead atoms. The molecule has 0 amide bonds. The van der Waals surface area contributed by atoms with Crippen LogP contribution in [0.3, 0.4) is 0 Å². The molecule has 90 valence electrons. The van der Waals surface area contributed by atoms with Crippen LogP contribution in [-0.2, 0) is 0 Å². The highest BCUT2D eigenvalue weighted by Crippen LogP contribution is 2.21. The van der Waals surface area contributed by atoms with Crippen molar-refractivity contribution >= 4 is 34.6 Å². The van der Waals surface area contributed by atoms with Crippen LogP contribution >= 0.6 is 23.2 Å². The number of nitrogens with two attached hydrogens (primary N) is 2. The van der Waals surface area contributed by atoms with Crippen LogP contribution < -0.4 is 11.5 Å². The van der Waals surface area contributed by atoms with Crippen LogP contribution in [0, 0.1) is 0 Å². The predicted molar refractivity (Wildman–Crippen MR) is 77.3 cm³/mol. The molecule has 0 aliphatic rings. The van der Waals surface area contributed by atoms with E-state index in [1.165, 1.54) is 0 Å². The van der Waals surface area contributed by atoms with E-state index in [1.807, 2.05) is 48.5 Å². The molecule has 0 aliphatic heterocycles. The molecule has 4 N–H and O–H groups in total. The third-order valence-electron chi connectivity index (χ3n) is 2.15. The molecule has 0 saturated heterocycles. The lowest BCUT2D eigenvalue weighted by Crippen LogP contribution is -1.85. The van der Waals surface area contributed by atoms with Crippen LogP contribution in [-0.4, -0.2) is 5.34 Å². The van der Waals surface area contributed by atoms with Gasteiger partial charge in [-0.15, -0.1) is 23.2 Å². The first-order valence-electron chi connectivity index (χ1n) is 5.00. The van der Waals surface area contributed by atoms with Crippen molar-refractivity contribution in [3.05, 3.63) is 48.5 Å². The molecule has 0 atom stereocenters. The minimum atomic E-state index is 0.194. The highest BCUT2D eigenvalue weighted by molar-refractivity contribution is 6.40. The van der Waals surface area contributed by atoms with Crippen molar-refractivity contribution in [3.8, 4) is 11.1 Å². The van der Waals surface area contributed by atoms with Crippen LogP contribution in [0.15, 0.2) is 48.5 Å². The van der Waals surface area contributed by atoms with Crippen molar-refractivity contribution in [1.82, 2.24) is 0 Å². The van der Waals surface area contributed by atoms with Gasteiger partial charge in [-0.25, -0.2) is 0 Å². The Morgan fingerprint density at radius 2 is 0.882 bits per heavy atom. The number of anilines is 2. The van der Waals surface area contributed by atoms with Crippen LogP contribution in [0.25, 0.3) is 11.1 Å². The quantitative estimate of drug-likeness (QED) is 0.608. The zero-order valence-electron chi connectivity index (χ0n) is 9.24. The summed E-state index contributed by atoms with van der Waals surface area (Å²) in [6.07, 6.45) is 0. The molecule has 0 radical (unpaired) electrons. The maximum absolute atomic E-state index is 5.61. The van der Waals surface area contributed by atoms with E-state index in [9.17, 15) is 0 Å². The smallest absolute Gasteiger partial charge is 0.0967 e. The van der Waals surface area contributed by atoms with Gasteiger partial charge >= 0.3 is 0 Å². The van der Waals surface area contributed by atoms with E-state index < -0.39 is 0 Å². The number of benzene rings is 2. The van der Waals surface area contributed by atoms with Crippen molar-refractivity contribution in [2.75, 3.05) is 16.8 Å². The molecule has 0 spiro atoms. The summed E-state index contributed by atoms with van der Waals surface area (Å²) >= 11 is 9.53. The second kappa shape index (κ2) is 7.05. The third-order valence-corrected chi connectivity index (χ3v) is 2.15. The van der Waals surface area contributed by atoms with Gasteiger partial charge in [0.25, 0.3) is 0 Å². The van der Waals surface area contributed by atoms with Crippen molar-refractivity contribution in [3.63, 3.8) is 0 Å². The van der Waals surface area contributed by atoms with Crippen molar-refractivity contribution in [2.24, 2.45) is 0 Å². The maximum atomic E-state index is 5.61. The predicted octanol–water partition coefficient (Wildman–Crippen LogP) is 3.94. The topological polar surface area (TPSA) is 52.0 Å². The van der Waals surface area contributed by atoms with Crippen molar-refractivity contribution < 1.29 is 0 Å². The first kappa shape index (κ1) is 13.7. The number of hydrogen-bond donors (Lipinski definition) is 2. The van der Waals surface area contributed by atoms with Gasteiger partial charge in [0, 0.05) is 11.4 Å². The molecule has 2 rings (SSSR count). The van der Waals surface area contributed by atoms with Gasteiger partial charge in [-0.05, 0) is 35.4 Å². The fourth-order valence-corrected chi connectivity index (χ4v) is 1.35. The van der Waals surface area contributed by atoms with Gasteiger partial charge in [-0.3, -0.25) is 0 Å². The summed E-state index contributed by atoms with van der Waals surface area (Å²) in [6.45, 7) is 0. The summed E-state index contributed by atoms with van der Waals surface area (Å²) in [5.74, 6) is 0. The summed E-state index contributed by atoms with van der Waals surface area (Å²) in [7, 11) is 0. The molecule has 0 unspecified atom stereocenters. The van der Waals surface area contributed by atoms with E-state index >= 15 is 0 Å². The van der Waals surface area contributed by atoms with Gasteiger partial charge in [0.15, 0.2) is 0 Å². The van der Waals surface area contributed by atoms with E-state index in [2.05, 4.69) is 0 Å². The first-order chi connectivity index (χ1) is 8.17. The molecule has 0 fully saturated rings. The van der Waals surface area contributed by atoms with E-state index in [1.54, 1.807) is 0 Å². The minimum absolute atomic E-state index is 0.194. The molecule has 2 aromatic rings. The highest BCUT2D eigenvalue weighted by atomic mass is 35.5. The zero-order chi connectivity index (χ0) is 12.7. The summed E-state index contributed by atoms with van der Waals surface area (Å²) in [4.78, 5) is 0. The summed E-state index contributed by atoms with van der Waals surface area (Å²) in [5.41, 5.74) is 15.1. The molecular weight excluding hydrogens is 255 g/mol. The van der Waals surface area contributed by atoms with Crippen LogP contribution in [0.4, 0.5) is 11.4 Å². The van der Waals surface area contributed by atoms with Crippen molar-refractivity contribution in [2.45, 2.75) is 0 Å². The number of hydrogen-bond acceptors (Lipinski definition) is 2. The summed E-state index contributed by atoms with van der Waals surface area (Å²) < 4.78 is 0. The average molecular weight is 269 g/mol. The van der Waals surface area contributed by atoms with Crippen LogP contribution in [0.1, 0.15) is 0 Å². The Labute approximate surface area is 111 Å². The lowest BCUT2D eigenvalue weighted by Gasteiger charge is -2.02. The van der Waals surface area contributed by atoms with Crippen molar-refractivity contribution in [1.29, 1.82) is 0 Å². The monoisotopic (exact) mass is 268 g/mol. The number of halogens is 2. The van der Waals surface area contributed by atoms with E-state index in [-0.39, 0.29) is 5.34 Å². The largest absolute Gasteiger partial charge is 0.399 e. The summed E-state index contributed by atoms with van der Waals surface area (Å²) in [6, 6.07) is 15.6. The van der Waals surface area contributed by atoms with Crippen LogP contribution in [0.5, 0.6) is 0 Å². The molecule has 2 aromatic carbocycles. The first-order valence-corrected chi connectivity index (χ1v) is 6.07. The van der Waals surface area contributed by atoms with Gasteiger partial charge in [-0.2, -0.15) is 0 Å². The lowest BCUT2D eigenvalue weighted by atomic mass is 10.1. The molecular formula is C13H14Cl2N2. The molecule has 0 aliphatic carbocycles. The standard InChI is InChI=1S/C12H12N2.CH2Cl2/c13-11-5-1-9(2-6-11)10-3-7-12(14)8-4-10;2-1-3/h1-8H,13-14H2;1H2. The molecule has 4 heteroatoms. The molecule has 0 aromatic heterocycles. The Morgan fingerprint density at radius 1 is 0.647 bits per heavy atom. The van der Waals surface area contributed by atoms with Crippen LogP contribution in [0.2, 0.25) is 0 Å². The Hall–Kier alpha value is -1.38. The Kier molecular flexibility index (Phi) is 5.67. The Morgan fingerprint density at radius 3 is 1.12 bits per heavy atom. The fraction of sp³-hybridized carbons (Fsp3) is 0.0769. The Balaban J connectivity index is 0.000000437. The fourth-order valence-electron chi connectivity index (χ4n) is 1.35.